The van der Waals surface area contributed by atoms with E-state index in [2.05, 4.69) is 5.32 Å². The second-order valence-corrected chi connectivity index (χ2v) is 6.77. The molecule has 2 aromatic carbocycles. The van der Waals surface area contributed by atoms with Crippen molar-refractivity contribution >= 4 is 17.5 Å². The van der Waals surface area contributed by atoms with Crippen LogP contribution < -0.4 is 15.0 Å². The minimum Gasteiger partial charge on any atom is -0.491 e. The third-order valence-electron chi connectivity index (χ3n) is 4.51. The molecule has 1 fully saturated rings. The van der Waals surface area contributed by atoms with Crippen LogP contribution >= 0.6 is 0 Å². The number of anilines is 1. The van der Waals surface area contributed by atoms with Gasteiger partial charge in [-0.05, 0) is 36.8 Å². The molecule has 27 heavy (non-hydrogen) atoms. The van der Waals surface area contributed by atoms with Gasteiger partial charge in [0, 0.05) is 25.2 Å². The predicted molar refractivity (Wildman–Crippen MR) is 103 cm³/mol. The first-order valence-corrected chi connectivity index (χ1v) is 9.03. The van der Waals surface area contributed by atoms with Crippen LogP contribution in [0.3, 0.4) is 0 Å². The second-order valence-electron chi connectivity index (χ2n) is 6.77. The van der Waals surface area contributed by atoms with Crippen LogP contribution in [0, 0.1) is 12.8 Å². The van der Waals surface area contributed by atoms with Crippen LogP contribution in [-0.4, -0.2) is 42.7 Å². The largest absolute Gasteiger partial charge is 0.491 e. The first kappa shape index (κ1) is 18.9. The van der Waals surface area contributed by atoms with Gasteiger partial charge in [-0.2, -0.15) is 0 Å². The van der Waals surface area contributed by atoms with Gasteiger partial charge in [-0.3, -0.25) is 9.59 Å². The van der Waals surface area contributed by atoms with Gasteiger partial charge in [-0.25, -0.2) is 0 Å². The van der Waals surface area contributed by atoms with Gasteiger partial charge in [0.15, 0.2) is 0 Å². The molecular weight excluding hydrogens is 344 g/mol. The average Bonchev–Trinajstić information content (AvgIpc) is 3.07. The molecule has 0 radical (unpaired) electrons. The van der Waals surface area contributed by atoms with Crippen molar-refractivity contribution in [2.45, 2.75) is 19.4 Å². The highest BCUT2D eigenvalue weighted by Crippen LogP contribution is 2.24. The molecule has 0 saturated carbocycles. The zero-order chi connectivity index (χ0) is 19.2. The van der Waals surface area contributed by atoms with E-state index >= 15 is 0 Å². The lowest BCUT2D eigenvalue weighted by atomic mass is 10.1. The quantitative estimate of drug-likeness (QED) is 0.782. The lowest BCUT2D eigenvalue weighted by Gasteiger charge is -2.17. The Bertz CT molecular complexity index is 794. The van der Waals surface area contributed by atoms with E-state index in [1.807, 2.05) is 61.5 Å². The molecule has 3 rings (SSSR count). The van der Waals surface area contributed by atoms with Gasteiger partial charge in [0.25, 0.3) is 0 Å². The minimum absolute atomic E-state index is 0.0651. The highest BCUT2D eigenvalue weighted by molar-refractivity contribution is 6.00. The topological polar surface area (TPSA) is 78.9 Å². The van der Waals surface area contributed by atoms with Crippen molar-refractivity contribution in [2.75, 3.05) is 24.6 Å². The van der Waals surface area contributed by atoms with Crippen molar-refractivity contribution in [2.24, 2.45) is 5.92 Å². The molecule has 1 saturated heterocycles. The summed E-state index contributed by atoms with van der Waals surface area (Å²) in [5.41, 5.74) is 1.87. The number of para-hydroxylation sites is 1. The first-order chi connectivity index (χ1) is 13.0. The van der Waals surface area contributed by atoms with Crippen LogP contribution in [0.4, 0.5) is 5.69 Å². The number of hydrogen-bond donors (Lipinski definition) is 2. The Morgan fingerprint density at radius 3 is 2.78 bits per heavy atom. The molecule has 2 atom stereocenters. The molecule has 0 aromatic heterocycles. The molecule has 142 valence electrons. The number of aliphatic hydroxyl groups is 1. The van der Waals surface area contributed by atoms with Crippen molar-refractivity contribution in [3.63, 3.8) is 0 Å². The number of nitrogens with zero attached hydrogens (tertiary/aromatic N) is 1. The number of nitrogens with one attached hydrogen (secondary N) is 1. The van der Waals surface area contributed by atoms with Gasteiger partial charge in [-0.1, -0.05) is 30.3 Å². The van der Waals surface area contributed by atoms with E-state index in [1.165, 1.54) is 0 Å². The molecule has 0 bridgehead atoms. The lowest BCUT2D eigenvalue weighted by Crippen LogP contribution is -2.39. The number of amides is 2. The maximum Gasteiger partial charge on any atom is 0.227 e. The summed E-state index contributed by atoms with van der Waals surface area (Å²) in [4.78, 5) is 26.2. The van der Waals surface area contributed by atoms with Crippen LogP contribution in [0.25, 0.3) is 0 Å². The van der Waals surface area contributed by atoms with Gasteiger partial charge in [0.2, 0.25) is 11.8 Å². The smallest absolute Gasteiger partial charge is 0.227 e. The van der Waals surface area contributed by atoms with Crippen molar-refractivity contribution in [3.05, 3.63) is 60.2 Å². The molecule has 2 N–H and O–H groups in total. The van der Waals surface area contributed by atoms with Crippen molar-refractivity contribution in [1.29, 1.82) is 0 Å². The Balaban J connectivity index is 1.44. The molecule has 2 unspecified atom stereocenters. The highest BCUT2D eigenvalue weighted by atomic mass is 16.5. The summed E-state index contributed by atoms with van der Waals surface area (Å²) in [6, 6.07) is 16.9. The molecule has 1 aliphatic heterocycles. The number of carbonyl (C=O) groups is 2. The first-order valence-electron chi connectivity index (χ1n) is 9.03. The summed E-state index contributed by atoms with van der Waals surface area (Å²) in [5.74, 6) is -0.0241. The van der Waals surface area contributed by atoms with Gasteiger partial charge in [0.1, 0.15) is 18.5 Å². The minimum atomic E-state index is -0.822. The Morgan fingerprint density at radius 2 is 2.04 bits per heavy atom. The second kappa shape index (κ2) is 8.68. The van der Waals surface area contributed by atoms with Crippen molar-refractivity contribution in [3.8, 4) is 5.75 Å². The molecule has 6 heteroatoms. The molecule has 2 amide bonds. The molecule has 6 nitrogen and oxygen atoms in total. The average molecular weight is 368 g/mol. The van der Waals surface area contributed by atoms with E-state index in [4.69, 9.17) is 4.74 Å². The summed E-state index contributed by atoms with van der Waals surface area (Å²) in [7, 11) is 0. The fourth-order valence-electron chi connectivity index (χ4n) is 3.06. The number of ether oxygens (including phenoxy) is 1. The summed E-state index contributed by atoms with van der Waals surface area (Å²) in [6.45, 7) is 2.49. The van der Waals surface area contributed by atoms with Gasteiger partial charge >= 0.3 is 0 Å². The fourth-order valence-corrected chi connectivity index (χ4v) is 3.06. The zero-order valence-corrected chi connectivity index (χ0v) is 15.3. The van der Waals surface area contributed by atoms with E-state index in [0.717, 1.165) is 11.3 Å². The van der Waals surface area contributed by atoms with Gasteiger partial charge in [-0.15, -0.1) is 0 Å². The summed E-state index contributed by atoms with van der Waals surface area (Å²) in [6.07, 6.45) is -0.645. The summed E-state index contributed by atoms with van der Waals surface area (Å²) in [5, 5.41) is 12.8. The van der Waals surface area contributed by atoms with E-state index in [0.29, 0.717) is 12.3 Å². The molecule has 1 heterocycles. The van der Waals surface area contributed by atoms with Gasteiger partial charge in [0.05, 0.1) is 5.92 Å². The third-order valence-corrected chi connectivity index (χ3v) is 4.51. The fraction of sp³-hybridized carbons (Fsp3) is 0.333. The number of hydrogen-bond acceptors (Lipinski definition) is 4. The molecule has 1 aliphatic rings. The van der Waals surface area contributed by atoms with E-state index in [9.17, 15) is 14.7 Å². The molecule has 0 aliphatic carbocycles. The van der Waals surface area contributed by atoms with Crippen LogP contribution in [-0.2, 0) is 9.59 Å². The van der Waals surface area contributed by atoms with E-state index in [-0.39, 0.29) is 31.4 Å². The monoisotopic (exact) mass is 368 g/mol. The number of carbonyl (C=O) groups excluding carboxylic acids is 2. The highest BCUT2D eigenvalue weighted by Gasteiger charge is 2.35. The van der Waals surface area contributed by atoms with E-state index < -0.39 is 12.0 Å². The van der Waals surface area contributed by atoms with Gasteiger partial charge < -0.3 is 20.1 Å². The van der Waals surface area contributed by atoms with Crippen LogP contribution in [0.2, 0.25) is 0 Å². The summed E-state index contributed by atoms with van der Waals surface area (Å²) < 4.78 is 5.53. The number of aliphatic hydroxyl groups excluding tert-OH is 1. The van der Waals surface area contributed by atoms with Crippen molar-refractivity contribution in [1.82, 2.24) is 5.32 Å². The number of benzene rings is 2. The Labute approximate surface area is 158 Å². The predicted octanol–water partition coefficient (Wildman–Crippen LogP) is 1.90. The maximum atomic E-state index is 12.3. The Kier molecular flexibility index (Phi) is 6.08. The number of aryl methyl sites for hydroxylation is 1. The Hall–Kier alpha value is -2.86. The third kappa shape index (κ3) is 5.08. The Morgan fingerprint density at radius 1 is 1.26 bits per heavy atom. The van der Waals surface area contributed by atoms with E-state index in [1.54, 1.807) is 4.90 Å². The number of rotatable bonds is 7. The normalized spacial score (nSPS) is 17.6. The summed E-state index contributed by atoms with van der Waals surface area (Å²) >= 11 is 0. The zero-order valence-electron chi connectivity index (χ0n) is 15.3. The lowest BCUT2D eigenvalue weighted by molar-refractivity contribution is -0.126. The van der Waals surface area contributed by atoms with Crippen LogP contribution in [0.5, 0.6) is 5.75 Å². The van der Waals surface area contributed by atoms with Crippen LogP contribution in [0.15, 0.2) is 54.6 Å². The standard InChI is InChI=1S/C21H24N2O4/c1-15-6-5-9-19(10-15)27-14-18(24)12-22-21(26)16-11-20(25)23(13-16)17-7-3-2-4-8-17/h2-10,16,18,24H,11-14H2,1H3,(H,22,26). The van der Waals surface area contributed by atoms with Crippen LogP contribution in [0.1, 0.15) is 12.0 Å². The molecule has 0 spiro atoms. The SMILES string of the molecule is Cc1cccc(OCC(O)CNC(=O)C2CC(=O)N(c3ccccc3)C2)c1. The molecular formula is C21H24N2O4. The molecule has 2 aromatic rings. The van der Waals surface area contributed by atoms with Crippen molar-refractivity contribution < 1.29 is 19.4 Å². The maximum absolute atomic E-state index is 12.3.